The number of aryl methyl sites for hydroxylation is 1. The van der Waals surface area contributed by atoms with Crippen molar-refractivity contribution >= 4 is 6.29 Å². The number of aldehydes is 1. The second-order valence-corrected chi connectivity index (χ2v) is 3.95. The summed E-state index contributed by atoms with van der Waals surface area (Å²) in [5.41, 5.74) is 0. The molecule has 1 N–H and O–H groups in total. The highest BCUT2D eigenvalue weighted by Crippen LogP contribution is 1.99. The summed E-state index contributed by atoms with van der Waals surface area (Å²) in [5.74, 6) is 0. The average molecular weight is 208 g/mol. The molecule has 0 spiro atoms. The van der Waals surface area contributed by atoms with Gasteiger partial charge in [-0.05, 0) is 12.8 Å². The highest BCUT2D eigenvalue weighted by Gasteiger charge is 2.07. The van der Waals surface area contributed by atoms with Crippen molar-refractivity contribution in [2.24, 2.45) is 0 Å². The Labute approximate surface area is 90.7 Å². The van der Waals surface area contributed by atoms with E-state index in [0.29, 0.717) is 6.04 Å². The molecule has 0 amide bonds. The third kappa shape index (κ3) is 4.74. The second kappa shape index (κ2) is 6.35. The summed E-state index contributed by atoms with van der Waals surface area (Å²) in [4.78, 5) is 14.6. The number of imidazole rings is 1. The molecular formula is C11H18N3O. The van der Waals surface area contributed by atoms with Gasteiger partial charge in [0.1, 0.15) is 12.5 Å². The molecule has 0 aliphatic rings. The van der Waals surface area contributed by atoms with Gasteiger partial charge in [0.15, 0.2) is 0 Å². The minimum atomic E-state index is -0.0301. The predicted octanol–water partition coefficient (Wildman–Crippen LogP) is 1.03. The zero-order valence-electron chi connectivity index (χ0n) is 9.31. The van der Waals surface area contributed by atoms with E-state index in [9.17, 15) is 4.79 Å². The molecule has 1 rings (SSSR count). The zero-order valence-corrected chi connectivity index (χ0v) is 9.31. The fourth-order valence-electron chi connectivity index (χ4n) is 1.48. The van der Waals surface area contributed by atoms with E-state index in [1.807, 2.05) is 24.6 Å². The van der Waals surface area contributed by atoms with Gasteiger partial charge in [0, 0.05) is 18.8 Å². The van der Waals surface area contributed by atoms with E-state index in [2.05, 4.69) is 16.5 Å². The summed E-state index contributed by atoms with van der Waals surface area (Å²) < 4.78 is 1.97. The van der Waals surface area contributed by atoms with Crippen molar-refractivity contribution in [2.75, 3.05) is 0 Å². The van der Waals surface area contributed by atoms with E-state index in [1.54, 1.807) is 6.33 Å². The van der Waals surface area contributed by atoms with E-state index >= 15 is 0 Å². The first-order valence-corrected chi connectivity index (χ1v) is 5.31. The summed E-state index contributed by atoms with van der Waals surface area (Å²) in [5, 5.41) is 3.21. The lowest BCUT2D eigenvalue weighted by Crippen LogP contribution is -2.36. The van der Waals surface area contributed by atoms with Crippen molar-refractivity contribution in [1.29, 1.82) is 0 Å². The summed E-state index contributed by atoms with van der Waals surface area (Å²) >= 11 is 0. The molecule has 0 saturated carbocycles. The van der Waals surface area contributed by atoms with Gasteiger partial charge in [-0.1, -0.05) is 13.8 Å². The fourth-order valence-corrected chi connectivity index (χ4v) is 1.48. The molecule has 4 nitrogen and oxygen atoms in total. The number of hydrogen-bond donors (Lipinski definition) is 1. The molecule has 0 aliphatic carbocycles. The lowest BCUT2D eigenvalue weighted by atomic mass is 10.1. The van der Waals surface area contributed by atoms with Gasteiger partial charge in [-0.25, -0.2) is 4.98 Å². The predicted molar refractivity (Wildman–Crippen MR) is 58.4 cm³/mol. The molecule has 1 radical (unpaired) electrons. The van der Waals surface area contributed by atoms with Gasteiger partial charge in [-0.3, -0.25) is 0 Å². The van der Waals surface area contributed by atoms with Crippen LogP contribution in [0, 0.1) is 6.20 Å². The van der Waals surface area contributed by atoms with Crippen molar-refractivity contribution in [2.45, 2.75) is 45.3 Å². The molecule has 1 unspecified atom stereocenters. The summed E-state index contributed by atoms with van der Waals surface area (Å²) in [7, 11) is 0. The van der Waals surface area contributed by atoms with Crippen LogP contribution in [0.15, 0.2) is 12.5 Å². The van der Waals surface area contributed by atoms with Crippen LogP contribution in [-0.4, -0.2) is 27.9 Å². The van der Waals surface area contributed by atoms with Crippen LogP contribution >= 0.6 is 0 Å². The van der Waals surface area contributed by atoms with Gasteiger partial charge in [0.2, 0.25) is 0 Å². The molecule has 1 heterocycles. The van der Waals surface area contributed by atoms with Gasteiger partial charge in [0.05, 0.1) is 12.4 Å². The molecular weight excluding hydrogens is 190 g/mol. The van der Waals surface area contributed by atoms with Crippen LogP contribution in [0.1, 0.15) is 26.7 Å². The molecule has 0 fully saturated rings. The maximum atomic E-state index is 10.7. The lowest BCUT2D eigenvalue weighted by Gasteiger charge is -2.15. The van der Waals surface area contributed by atoms with Crippen molar-refractivity contribution in [1.82, 2.24) is 14.9 Å². The maximum absolute atomic E-state index is 10.7. The number of rotatable bonds is 7. The van der Waals surface area contributed by atoms with Crippen molar-refractivity contribution < 1.29 is 4.79 Å². The van der Waals surface area contributed by atoms with E-state index < -0.39 is 0 Å². The smallest absolute Gasteiger partial charge is 0.136 e. The Hall–Kier alpha value is -1.16. The van der Waals surface area contributed by atoms with Crippen LogP contribution in [0.25, 0.3) is 0 Å². The monoisotopic (exact) mass is 208 g/mol. The Morgan fingerprint density at radius 3 is 2.93 bits per heavy atom. The van der Waals surface area contributed by atoms with E-state index in [-0.39, 0.29) is 6.04 Å². The molecule has 1 aromatic rings. The van der Waals surface area contributed by atoms with Crippen LogP contribution < -0.4 is 5.32 Å². The van der Waals surface area contributed by atoms with Crippen LogP contribution in [0.3, 0.4) is 0 Å². The third-order valence-corrected chi connectivity index (χ3v) is 2.15. The van der Waals surface area contributed by atoms with E-state index in [1.165, 1.54) is 0 Å². The number of hydrogen-bond acceptors (Lipinski definition) is 3. The quantitative estimate of drug-likeness (QED) is 0.681. The van der Waals surface area contributed by atoms with Crippen molar-refractivity contribution in [3.8, 4) is 0 Å². The summed E-state index contributed by atoms with van der Waals surface area (Å²) in [6.07, 6.45) is 9.11. The van der Waals surface area contributed by atoms with Gasteiger partial charge < -0.3 is 14.7 Å². The Bertz CT molecular complexity index is 269. The van der Waals surface area contributed by atoms with Crippen LogP contribution in [-0.2, 0) is 11.3 Å². The minimum absolute atomic E-state index is 0.0301. The Morgan fingerprint density at radius 2 is 2.40 bits per heavy atom. The van der Waals surface area contributed by atoms with Crippen LogP contribution in [0.2, 0.25) is 0 Å². The topological polar surface area (TPSA) is 46.9 Å². The number of nitrogens with zero attached hydrogens (tertiary/aromatic N) is 2. The van der Waals surface area contributed by atoms with Gasteiger partial charge in [0.25, 0.3) is 0 Å². The normalized spacial score (nSPS) is 13.0. The Morgan fingerprint density at radius 1 is 1.60 bits per heavy atom. The molecule has 83 valence electrons. The molecule has 0 aromatic carbocycles. The number of aromatic nitrogens is 2. The molecule has 0 bridgehead atoms. The molecule has 0 aliphatic heterocycles. The van der Waals surface area contributed by atoms with E-state index in [0.717, 1.165) is 25.7 Å². The van der Waals surface area contributed by atoms with Gasteiger partial charge in [-0.2, -0.15) is 0 Å². The first kappa shape index (κ1) is 11.9. The van der Waals surface area contributed by atoms with Gasteiger partial charge in [-0.15, -0.1) is 0 Å². The first-order chi connectivity index (χ1) is 7.22. The minimum Gasteiger partial charge on any atom is -0.337 e. The van der Waals surface area contributed by atoms with Gasteiger partial charge >= 0.3 is 0 Å². The molecule has 0 saturated heterocycles. The Kier molecular flexibility index (Phi) is 5.04. The maximum Gasteiger partial charge on any atom is 0.136 e. The molecule has 4 heteroatoms. The highest BCUT2D eigenvalue weighted by molar-refractivity contribution is 5.57. The molecule has 15 heavy (non-hydrogen) atoms. The van der Waals surface area contributed by atoms with Crippen LogP contribution in [0.4, 0.5) is 0 Å². The fraction of sp³-hybridized carbons (Fsp3) is 0.636. The number of carbonyl (C=O) groups is 1. The van der Waals surface area contributed by atoms with Crippen molar-refractivity contribution in [3.05, 3.63) is 18.7 Å². The second-order valence-electron chi connectivity index (χ2n) is 3.95. The SMILES string of the molecule is CC(C)NC(C=O)CCCn1c[c]nc1. The lowest BCUT2D eigenvalue weighted by molar-refractivity contribution is -0.109. The number of nitrogens with one attached hydrogen (secondary N) is 1. The largest absolute Gasteiger partial charge is 0.337 e. The number of carbonyl (C=O) groups excluding carboxylic acids is 1. The van der Waals surface area contributed by atoms with Crippen LogP contribution in [0.5, 0.6) is 0 Å². The zero-order chi connectivity index (χ0) is 11.1. The third-order valence-electron chi connectivity index (χ3n) is 2.15. The molecule has 1 aromatic heterocycles. The molecule has 1 atom stereocenters. The average Bonchev–Trinajstić information content (AvgIpc) is 2.68. The summed E-state index contributed by atoms with van der Waals surface area (Å²) in [6.45, 7) is 4.98. The van der Waals surface area contributed by atoms with E-state index in [4.69, 9.17) is 0 Å². The standard InChI is InChI=1S/C11H18N3O/c1-10(2)13-11(8-15)4-3-6-14-7-5-12-9-14/h7-11,13H,3-4,6H2,1-2H3. The van der Waals surface area contributed by atoms with Crippen molar-refractivity contribution in [3.63, 3.8) is 0 Å². The highest BCUT2D eigenvalue weighted by atomic mass is 16.1. The first-order valence-electron chi connectivity index (χ1n) is 5.31. The Balaban J connectivity index is 2.20. The summed E-state index contributed by atoms with van der Waals surface area (Å²) in [6, 6.07) is 0.319.